The first-order valence-corrected chi connectivity index (χ1v) is 7.29. The van der Waals surface area contributed by atoms with E-state index < -0.39 is 11.2 Å². The van der Waals surface area contributed by atoms with Crippen LogP contribution in [0.15, 0.2) is 71.2 Å². The Balaban J connectivity index is 1.96. The van der Waals surface area contributed by atoms with E-state index in [1.165, 1.54) is 0 Å². The van der Waals surface area contributed by atoms with Gasteiger partial charge in [-0.25, -0.2) is 0 Å². The van der Waals surface area contributed by atoms with E-state index in [0.29, 0.717) is 0 Å². The first kappa shape index (κ1) is 16.0. The average molecular weight is 298 g/mol. The third kappa shape index (κ3) is 4.07. The molecule has 0 aliphatic heterocycles. The van der Waals surface area contributed by atoms with Crippen molar-refractivity contribution in [3.63, 3.8) is 0 Å². The standard InChI is InChI=1S/C18H22N2O2/c1-17(2,15-11-7-5-8-12-15)21-19-20-22-18(3,4)16-13-9-6-10-14-16/h5-14H,1-4H3/b20-19+. The fourth-order valence-corrected chi connectivity index (χ4v) is 2.02. The number of rotatable bonds is 6. The van der Waals surface area contributed by atoms with Crippen molar-refractivity contribution in [2.45, 2.75) is 38.9 Å². The molecule has 2 rings (SSSR count). The number of hydrogen-bond acceptors (Lipinski definition) is 4. The van der Waals surface area contributed by atoms with Crippen LogP contribution >= 0.6 is 0 Å². The molecule has 4 heteroatoms. The summed E-state index contributed by atoms with van der Waals surface area (Å²) in [6.07, 6.45) is 0. The van der Waals surface area contributed by atoms with Crippen LogP contribution in [0.3, 0.4) is 0 Å². The topological polar surface area (TPSA) is 43.2 Å². The van der Waals surface area contributed by atoms with Crippen LogP contribution in [0.1, 0.15) is 38.8 Å². The maximum atomic E-state index is 5.48. The Morgan fingerprint density at radius 2 is 0.909 bits per heavy atom. The third-order valence-corrected chi connectivity index (χ3v) is 3.51. The highest BCUT2D eigenvalue weighted by atomic mass is 16.7. The SMILES string of the molecule is CC(C)(O/N=N/OC(C)(C)c1ccccc1)c1ccccc1. The Hall–Kier alpha value is -2.36. The van der Waals surface area contributed by atoms with Crippen molar-refractivity contribution in [1.29, 1.82) is 0 Å². The Kier molecular flexibility index (Phi) is 4.81. The van der Waals surface area contributed by atoms with Gasteiger partial charge in [0.25, 0.3) is 0 Å². The van der Waals surface area contributed by atoms with E-state index in [9.17, 15) is 0 Å². The normalized spacial score (nSPS) is 12.4. The molecule has 0 radical (unpaired) electrons. The highest BCUT2D eigenvalue weighted by molar-refractivity contribution is 5.21. The highest BCUT2D eigenvalue weighted by Gasteiger charge is 2.24. The van der Waals surface area contributed by atoms with Crippen molar-refractivity contribution in [2.75, 3.05) is 0 Å². The second-order valence-electron chi connectivity index (χ2n) is 6.10. The smallest absolute Gasteiger partial charge is 0.159 e. The summed E-state index contributed by atoms with van der Waals surface area (Å²) < 4.78 is 0. The van der Waals surface area contributed by atoms with E-state index in [0.717, 1.165) is 11.1 Å². The molecule has 0 N–H and O–H groups in total. The predicted octanol–water partition coefficient (Wildman–Crippen LogP) is 5.17. The van der Waals surface area contributed by atoms with Gasteiger partial charge in [-0.05, 0) is 38.8 Å². The van der Waals surface area contributed by atoms with E-state index in [1.54, 1.807) is 0 Å². The first-order chi connectivity index (χ1) is 10.4. The van der Waals surface area contributed by atoms with Gasteiger partial charge in [0.15, 0.2) is 11.2 Å². The van der Waals surface area contributed by atoms with Gasteiger partial charge in [0, 0.05) is 0 Å². The van der Waals surface area contributed by atoms with Gasteiger partial charge in [0.2, 0.25) is 0 Å². The maximum absolute atomic E-state index is 5.48. The Bertz CT molecular complexity index is 552. The lowest BCUT2D eigenvalue weighted by Crippen LogP contribution is -2.20. The molecule has 0 atom stereocenters. The van der Waals surface area contributed by atoms with Crippen molar-refractivity contribution in [3.05, 3.63) is 71.8 Å². The molecule has 4 nitrogen and oxygen atoms in total. The molecular formula is C18H22N2O2. The fourth-order valence-electron chi connectivity index (χ4n) is 2.02. The molecule has 22 heavy (non-hydrogen) atoms. The quantitative estimate of drug-likeness (QED) is 0.545. The fraction of sp³-hybridized carbons (Fsp3) is 0.333. The molecule has 0 amide bonds. The third-order valence-electron chi connectivity index (χ3n) is 3.51. The molecule has 0 aliphatic rings. The Morgan fingerprint density at radius 1 is 0.591 bits per heavy atom. The number of hydrogen-bond donors (Lipinski definition) is 0. The van der Waals surface area contributed by atoms with Crippen molar-refractivity contribution in [3.8, 4) is 0 Å². The van der Waals surface area contributed by atoms with Gasteiger partial charge in [0.05, 0.1) is 10.6 Å². The molecule has 2 aromatic rings. The van der Waals surface area contributed by atoms with E-state index >= 15 is 0 Å². The maximum Gasteiger partial charge on any atom is 0.159 e. The number of nitrogens with zero attached hydrogens (tertiary/aromatic N) is 2. The molecule has 0 spiro atoms. The average Bonchev–Trinajstić information content (AvgIpc) is 2.53. The first-order valence-electron chi connectivity index (χ1n) is 7.29. The lowest BCUT2D eigenvalue weighted by atomic mass is 9.99. The van der Waals surface area contributed by atoms with Gasteiger partial charge in [-0.2, -0.15) is 0 Å². The second kappa shape index (κ2) is 6.60. The van der Waals surface area contributed by atoms with Crippen molar-refractivity contribution >= 4 is 0 Å². The predicted molar refractivity (Wildman–Crippen MR) is 86.0 cm³/mol. The molecule has 0 heterocycles. The Morgan fingerprint density at radius 3 is 1.23 bits per heavy atom. The summed E-state index contributed by atoms with van der Waals surface area (Å²) in [5.74, 6) is 0. The lowest BCUT2D eigenvalue weighted by molar-refractivity contribution is -0.0944. The van der Waals surface area contributed by atoms with Gasteiger partial charge in [-0.15, -0.1) is 0 Å². The van der Waals surface area contributed by atoms with Crippen LogP contribution in [0.5, 0.6) is 0 Å². The largest absolute Gasteiger partial charge is 0.366 e. The molecule has 116 valence electrons. The molecule has 2 aromatic carbocycles. The monoisotopic (exact) mass is 298 g/mol. The summed E-state index contributed by atoms with van der Waals surface area (Å²) in [6.45, 7) is 7.74. The second-order valence-corrected chi connectivity index (χ2v) is 6.10. The minimum absolute atomic E-state index is 0.564. The summed E-state index contributed by atoms with van der Waals surface area (Å²) >= 11 is 0. The van der Waals surface area contributed by atoms with Gasteiger partial charge in [-0.3, -0.25) is 0 Å². The van der Waals surface area contributed by atoms with Crippen LogP contribution in [-0.2, 0) is 20.9 Å². The van der Waals surface area contributed by atoms with E-state index in [1.807, 2.05) is 88.4 Å². The zero-order chi connectivity index (χ0) is 16.1. The summed E-state index contributed by atoms with van der Waals surface area (Å²) in [7, 11) is 0. The number of benzene rings is 2. The Labute approximate surface area is 131 Å². The molecular weight excluding hydrogens is 276 g/mol. The molecule has 0 bridgehead atoms. The van der Waals surface area contributed by atoms with Crippen LogP contribution in [0, 0.1) is 0 Å². The van der Waals surface area contributed by atoms with Crippen LogP contribution in [-0.4, -0.2) is 0 Å². The summed E-state index contributed by atoms with van der Waals surface area (Å²) in [6, 6.07) is 19.8. The zero-order valence-corrected chi connectivity index (χ0v) is 13.5. The highest BCUT2D eigenvalue weighted by Crippen LogP contribution is 2.27. The van der Waals surface area contributed by atoms with Crippen LogP contribution in [0.25, 0.3) is 0 Å². The summed E-state index contributed by atoms with van der Waals surface area (Å²) in [5, 5.41) is 7.47. The van der Waals surface area contributed by atoms with Crippen molar-refractivity contribution in [1.82, 2.24) is 0 Å². The molecule has 0 aromatic heterocycles. The van der Waals surface area contributed by atoms with E-state index in [4.69, 9.17) is 9.68 Å². The lowest BCUT2D eigenvalue weighted by Gasteiger charge is -2.23. The minimum atomic E-state index is -0.564. The molecule has 0 aliphatic carbocycles. The minimum Gasteiger partial charge on any atom is -0.366 e. The van der Waals surface area contributed by atoms with Gasteiger partial charge >= 0.3 is 0 Å². The molecule has 0 unspecified atom stereocenters. The molecule has 0 saturated carbocycles. The van der Waals surface area contributed by atoms with Crippen LogP contribution in [0.4, 0.5) is 0 Å². The zero-order valence-electron chi connectivity index (χ0n) is 13.5. The molecule has 0 fully saturated rings. The summed E-state index contributed by atoms with van der Waals surface area (Å²) in [4.78, 5) is 11.0. The van der Waals surface area contributed by atoms with Crippen molar-refractivity contribution < 1.29 is 9.68 Å². The van der Waals surface area contributed by atoms with Crippen LogP contribution in [0.2, 0.25) is 0 Å². The van der Waals surface area contributed by atoms with Gasteiger partial charge in [-0.1, -0.05) is 60.7 Å². The molecule has 0 saturated heterocycles. The van der Waals surface area contributed by atoms with Crippen LogP contribution < -0.4 is 0 Å². The van der Waals surface area contributed by atoms with E-state index in [-0.39, 0.29) is 0 Å². The van der Waals surface area contributed by atoms with Gasteiger partial charge < -0.3 is 9.68 Å². The van der Waals surface area contributed by atoms with Gasteiger partial charge in [0.1, 0.15) is 0 Å². The summed E-state index contributed by atoms with van der Waals surface area (Å²) in [5.41, 5.74) is 0.920. The van der Waals surface area contributed by atoms with Crippen molar-refractivity contribution in [2.24, 2.45) is 10.6 Å². The van der Waals surface area contributed by atoms with E-state index in [2.05, 4.69) is 10.6 Å².